The summed E-state index contributed by atoms with van der Waals surface area (Å²) in [5, 5.41) is 10.9. The molecule has 1 rings (SSSR count). The van der Waals surface area contributed by atoms with Crippen LogP contribution in [0.3, 0.4) is 0 Å². The van der Waals surface area contributed by atoms with Gasteiger partial charge in [-0.1, -0.05) is 32.1 Å². The van der Waals surface area contributed by atoms with Crippen molar-refractivity contribution in [2.45, 2.75) is 20.8 Å². The predicted molar refractivity (Wildman–Crippen MR) is 60.7 cm³/mol. The number of nitrogens with zero attached hydrogens (tertiary/aromatic N) is 2. The van der Waals surface area contributed by atoms with Crippen LogP contribution < -0.4 is 5.32 Å². The number of nitrogens with one attached hydrogen (secondary N) is 1. The molecule has 0 atom stereocenters. The molecule has 72 valence electrons. The lowest BCUT2D eigenvalue weighted by atomic mass is 9.96. The van der Waals surface area contributed by atoms with Crippen LogP contribution in [-0.4, -0.2) is 16.1 Å². The number of anilines is 1. The third-order valence-electron chi connectivity index (χ3n) is 1.30. The smallest absolute Gasteiger partial charge is 0.231 e. The maximum atomic E-state index is 11.5. The van der Waals surface area contributed by atoms with Crippen molar-refractivity contribution in [3.8, 4) is 0 Å². The Bertz CT molecular complexity index is 318. The van der Waals surface area contributed by atoms with Crippen molar-refractivity contribution in [2.75, 3.05) is 5.32 Å². The van der Waals surface area contributed by atoms with E-state index in [2.05, 4.69) is 38.1 Å². The summed E-state index contributed by atoms with van der Waals surface area (Å²) in [6, 6.07) is 0. The van der Waals surface area contributed by atoms with E-state index in [0.717, 1.165) is 3.01 Å². The first-order valence-corrected chi connectivity index (χ1v) is 5.59. The van der Waals surface area contributed by atoms with Gasteiger partial charge in [-0.25, -0.2) is 0 Å². The molecular formula is C7H10IN3OS. The first-order valence-electron chi connectivity index (χ1n) is 3.70. The van der Waals surface area contributed by atoms with E-state index in [0.29, 0.717) is 5.13 Å². The molecule has 1 N–H and O–H groups in total. The summed E-state index contributed by atoms with van der Waals surface area (Å²) in [7, 11) is 0. The van der Waals surface area contributed by atoms with Crippen molar-refractivity contribution >= 4 is 45.0 Å². The molecule has 0 fully saturated rings. The zero-order valence-corrected chi connectivity index (χ0v) is 10.6. The van der Waals surface area contributed by atoms with Crippen LogP contribution in [0.15, 0.2) is 0 Å². The molecule has 6 heteroatoms. The average molecular weight is 311 g/mol. The summed E-state index contributed by atoms with van der Waals surface area (Å²) in [6.45, 7) is 5.57. The van der Waals surface area contributed by atoms with E-state index >= 15 is 0 Å². The van der Waals surface area contributed by atoms with E-state index in [9.17, 15) is 4.79 Å². The molecule has 0 unspecified atom stereocenters. The SMILES string of the molecule is CC(C)(C)C(=O)Nc1nnc(I)s1. The van der Waals surface area contributed by atoms with Crippen LogP contribution in [0.4, 0.5) is 5.13 Å². The molecular weight excluding hydrogens is 301 g/mol. The molecule has 0 saturated heterocycles. The van der Waals surface area contributed by atoms with Crippen LogP contribution in [-0.2, 0) is 4.79 Å². The monoisotopic (exact) mass is 311 g/mol. The molecule has 0 aliphatic carbocycles. The van der Waals surface area contributed by atoms with Crippen LogP contribution in [0.2, 0.25) is 0 Å². The number of aromatic nitrogens is 2. The van der Waals surface area contributed by atoms with Gasteiger partial charge in [0.2, 0.25) is 11.0 Å². The highest BCUT2D eigenvalue weighted by molar-refractivity contribution is 14.1. The fourth-order valence-electron chi connectivity index (χ4n) is 0.540. The van der Waals surface area contributed by atoms with Crippen LogP contribution in [0.25, 0.3) is 0 Å². The predicted octanol–water partition coefficient (Wildman–Crippen LogP) is 2.13. The molecule has 1 aromatic rings. The summed E-state index contributed by atoms with van der Waals surface area (Å²) in [5.41, 5.74) is -0.392. The summed E-state index contributed by atoms with van der Waals surface area (Å²) in [5.74, 6) is -0.0416. The van der Waals surface area contributed by atoms with E-state index in [1.807, 2.05) is 20.8 Å². The minimum Gasteiger partial charge on any atom is -0.300 e. The van der Waals surface area contributed by atoms with Crippen molar-refractivity contribution < 1.29 is 4.79 Å². The van der Waals surface area contributed by atoms with Gasteiger partial charge in [-0.2, -0.15) is 0 Å². The first kappa shape index (κ1) is 10.8. The van der Waals surface area contributed by atoms with E-state index in [1.165, 1.54) is 11.3 Å². The van der Waals surface area contributed by atoms with E-state index in [-0.39, 0.29) is 5.91 Å². The van der Waals surface area contributed by atoms with E-state index in [4.69, 9.17) is 0 Å². The van der Waals surface area contributed by atoms with Crippen LogP contribution in [0.1, 0.15) is 20.8 Å². The summed E-state index contributed by atoms with van der Waals surface area (Å²) < 4.78 is 0.821. The van der Waals surface area contributed by atoms with Gasteiger partial charge in [0.1, 0.15) is 0 Å². The maximum Gasteiger partial charge on any atom is 0.231 e. The number of carbonyl (C=O) groups is 1. The molecule has 13 heavy (non-hydrogen) atoms. The van der Waals surface area contributed by atoms with Gasteiger partial charge in [-0.05, 0) is 22.6 Å². The Kier molecular flexibility index (Phi) is 3.23. The molecule has 4 nitrogen and oxygen atoms in total. The first-order chi connectivity index (χ1) is 5.89. The fourth-order valence-corrected chi connectivity index (χ4v) is 1.74. The Morgan fingerprint density at radius 1 is 1.46 bits per heavy atom. The molecule has 0 aliphatic rings. The second kappa shape index (κ2) is 3.87. The minimum atomic E-state index is -0.392. The zero-order chi connectivity index (χ0) is 10.1. The van der Waals surface area contributed by atoms with Gasteiger partial charge < -0.3 is 5.32 Å². The minimum absolute atomic E-state index is 0.0416. The highest BCUT2D eigenvalue weighted by Crippen LogP contribution is 2.20. The summed E-state index contributed by atoms with van der Waals surface area (Å²) in [6.07, 6.45) is 0. The number of amides is 1. The lowest BCUT2D eigenvalue weighted by Gasteiger charge is -2.15. The number of hydrogen-bond donors (Lipinski definition) is 1. The molecule has 1 heterocycles. The maximum absolute atomic E-state index is 11.5. The molecule has 0 aromatic carbocycles. The van der Waals surface area contributed by atoms with Gasteiger partial charge in [0.15, 0.2) is 3.01 Å². The Morgan fingerprint density at radius 3 is 2.46 bits per heavy atom. The van der Waals surface area contributed by atoms with Crippen LogP contribution >= 0.6 is 33.9 Å². The molecule has 1 amide bonds. The standard InChI is InChI=1S/C7H10IN3OS/c1-7(2,3)4(12)9-6-11-10-5(8)13-6/h1-3H3,(H,9,11,12). The van der Waals surface area contributed by atoms with Crippen LogP contribution in [0, 0.1) is 8.43 Å². The third kappa shape index (κ3) is 3.18. The number of hydrogen-bond acceptors (Lipinski definition) is 4. The van der Waals surface area contributed by atoms with E-state index < -0.39 is 5.41 Å². The van der Waals surface area contributed by atoms with Gasteiger partial charge in [0.05, 0.1) is 0 Å². The topological polar surface area (TPSA) is 54.9 Å². The Morgan fingerprint density at radius 2 is 2.08 bits per heavy atom. The summed E-state index contributed by atoms with van der Waals surface area (Å²) >= 11 is 3.43. The van der Waals surface area contributed by atoms with Crippen LogP contribution in [0.5, 0.6) is 0 Å². The quantitative estimate of drug-likeness (QED) is 0.808. The molecule has 0 saturated carbocycles. The molecule has 0 radical (unpaired) electrons. The summed E-state index contributed by atoms with van der Waals surface area (Å²) in [4.78, 5) is 11.5. The Balaban J connectivity index is 2.65. The van der Waals surface area contributed by atoms with Crippen molar-refractivity contribution in [1.82, 2.24) is 10.2 Å². The second-order valence-corrected chi connectivity index (χ2v) is 6.30. The fraction of sp³-hybridized carbons (Fsp3) is 0.571. The zero-order valence-electron chi connectivity index (χ0n) is 7.59. The lowest BCUT2D eigenvalue weighted by Crippen LogP contribution is -2.27. The number of halogens is 1. The molecule has 0 aliphatic heterocycles. The average Bonchev–Trinajstić information content (AvgIpc) is 2.33. The van der Waals surface area contributed by atoms with Gasteiger partial charge in [-0.3, -0.25) is 4.79 Å². The van der Waals surface area contributed by atoms with Crippen molar-refractivity contribution in [2.24, 2.45) is 5.41 Å². The van der Waals surface area contributed by atoms with Crippen molar-refractivity contribution in [3.05, 3.63) is 3.01 Å². The largest absolute Gasteiger partial charge is 0.300 e. The number of rotatable bonds is 1. The lowest BCUT2D eigenvalue weighted by molar-refractivity contribution is -0.123. The highest BCUT2D eigenvalue weighted by atomic mass is 127. The molecule has 0 bridgehead atoms. The van der Waals surface area contributed by atoms with Crippen molar-refractivity contribution in [1.29, 1.82) is 0 Å². The van der Waals surface area contributed by atoms with Gasteiger partial charge in [0, 0.05) is 5.41 Å². The van der Waals surface area contributed by atoms with Crippen molar-refractivity contribution in [3.63, 3.8) is 0 Å². The Labute approximate surface area is 94.3 Å². The van der Waals surface area contributed by atoms with Gasteiger partial charge in [-0.15, -0.1) is 10.2 Å². The molecule has 1 aromatic heterocycles. The van der Waals surface area contributed by atoms with Gasteiger partial charge in [0.25, 0.3) is 0 Å². The second-order valence-electron chi connectivity index (χ2n) is 3.56. The molecule has 0 spiro atoms. The normalized spacial score (nSPS) is 11.4. The van der Waals surface area contributed by atoms with Gasteiger partial charge >= 0.3 is 0 Å². The Hall–Kier alpha value is -0.240. The van der Waals surface area contributed by atoms with E-state index in [1.54, 1.807) is 0 Å². The third-order valence-corrected chi connectivity index (χ3v) is 2.81. The highest BCUT2D eigenvalue weighted by Gasteiger charge is 2.22. The number of carbonyl (C=O) groups excluding carboxylic acids is 1.